The standard InChI is InChI=1S/C22H27F3N2O4S/c23-22(24,25)17-4-5-18(26-13-17)16-32-11-3-1-2-8-30-21-15-31-19(12-20(21)28)14-27-6-9-29-10-7-27/h4-5,12-13,15H,1-3,6-11,14,16H2. The van der Waals surface area contributed by atoms with Crippen LogP contribution in [0.5, 0.6) is 5.75 Å². The molecule has 1 aliphatic rings. The number of nitrogens with zero attached hydrogens (tertiary/aromatic N) is 2. The Balaban J connectivity index is 1.26. The lowest BCUT2D eigenvalue weighted by Gasteiger charge is -2.25. The highest BCUT2D eigenvalue weighted by atomic mass is 32.2. The lowest BCUT2D eigenvalue weighted by atomic mass is 10.2. The molecule has 0 amide bonds. The highest BCUT2D eigenvalue weighted by Crippen LogP contribution is 2.28. The van der Waals surface area contributed by atoms with Gasteiger partial charge in [0.2, 0.25) is 11.2 Å². The van der Waals surface area contributed by atoms with E-state index in [2.05, 4.69) is 9.88 Å². The SMILES string of the molecule is O=c1cc(CN2CCOCC2)occ1OCCCCCSCc1ccc(C(F)(F)F)cn1. The van der Waals surface area contributed by atoms with Crippen molar-refractivity contribution in [2.75, 3.05) is 38.7 Å². The monoisotopic (exact) mass is 472 g/mol. The van der Waals surface area contributed by atoms with Gasteiger partial charge >= 0.3 is 6.18 Å². The highest BCUT2D eigenvalue weighted by molar-refractivity contribution is 7.98. The summed E-state index contributed by atoms with van der Waals surface area (Å²) in [7, 11) is 0. The highest BCUT2D eigenvalue weighted by Gasteiger charge is 2.30. The summed E-state index contributed by atoms with van der Waals surface area (Å²) in [6.45, 7) is 4.03. The van der Waals surface area contributed by atoms with Crippen LogP contribution < -0.4 is 10.2 Å². The van der Waals surface area contributed by atoms with Gasteiger partial charge in [-0.15, -0.1) is 0 Å². The van der Waals surface area contributed by atoms with Gasteiger partial charge in [-0.25, -0.2) is 0 Å². The van der Waals surface area contributed by atoms with Crippen molar-refractivity contribution in [3.63, 3.8) is 0 Å². The molecule has 1 aliphatic heterocycles. The third-order valence-electron chi connectivity index (χ3n) is 4.93. The third-order valence-corrected chi connectivity index (χ3v) is 6.01. The first kappa shape index (κ1) is 24.6. The number of pyridine rings is 1. The second-order valence-corrected chi connectivity index (χ2v) is 8.57. The van der Waals surface area contributed by atoms with Crippen molar-refractivity contribution in [2.24, 2.45) is 0 Å². The van der Waals surface area contributed by atoms with Crippen molar-refractivity contribution < 1.29 is 27.1 Å². The quantitative estimate of drug-likeness (QED) is 0.450. The van der Waals surface area contributed by atoms with E-state index in [9.17, 15) is 18.0 Å². The van der Waals surface area contributed by atoms with Crippen molar-refractivity contribution in [3.8, 4) is 5.75 Å². The second kappa shape index (κ2) is 12.3. The molecule has 10 heteroatoms. The van der Waals surface area contributed by atoms with E-state index in [1.807, 2.05) is 0 Å². The van der Waals surface area contributed by atoms with Gasteiger partial charge in [0.05, 0.1) is 37.6 Å². The zero-order valence-corrected chi connectivity index (χ0v) is 18.6. The van der Waals surface area contributed by atoms with Gasteiger partial charge in [0.15, 0.2) is 0 Å². The van der Waals surface area contributed by atoms with E-state index in [-0.39, 0.29) is 11.2 Å². The molecule has 2 aromatic heterocycles. The van der Waals surface area contributed by atoms with E-state index in [1.54, 1.807) is 11.8 Å². The molecule has 3 rings (SSSR count). The van der Waals surface area contributed by atoms with Crippen LogP contribution in [-0.2, 0) is 23.2 Å². The molecule has 0 N–H and O–H groups in total. The lowest BCUT2D eigenvalue weighted by molar-refractivity contribution is -0.137. The summed E-state index contributed by atoms with van der Waals surface area (Å²) in [5.41, 5.74) is -0.277. The molecule has 32 heavy (non-hydrogen) atoms. The predicted molar refractivity (Wildman–Crippen MR) is 116 cm³/mol. The fraction of sp³-hybridized carbons (Fsp3) is 0.545. The maximum Gasteiger partial charge on any atom is 0.417 e. The van der Waals surface area contributed by atoms with Crippen molar-refractivity contribution in [3.05, 3.63) is 57.9 Å². The van der Waals surface area contributed by atoms with E-state index in [0.717, 1.165) is 50.4 Å². The molecule has 1 fully saturated rings. The first-order valence-corrected chi connectivity index (χ1v) is 11.7. The van der Waals surface area contributed by atoms with Crippen LogP contribution in [0.1, 0.15) is 36.3 Å². The second-order valence-electron chi connectivity index (χ2n) is 7.46. The van der Waals surface area contributed by atoms with E-state index < -0.39 is 11.7 Å². The number of unbranched alkanes of at least 4 members (excludes halogenated alkanes) is 2. The Morgan fingerprint density at radius 2 is 1.97 bits per heavy atom. The number of hydrogen-bond acceptors (Lipinski definition) is 7. The van der Waals surface area contributed by atoms with Crippen LogP contribution in [-0.4, -0.2) is 48.5 Å². The first-order chi connectivity index (χ1) is 15.4. The Kier molecular flexibility index (Phi) is 9.43. The van der Waals surface area contributed by atoms with Crippen LogP contribution in [0, 0.1) is 0 Å². The lowest BCUT2D eigenvalue weighted by Crippen LogP contribution is -2.35. The maximum absolute atomic E-state index is 12.5. The summed E-state index contributed by atoms with van der Waals surface area (Å²) in [5.74, 6) is 2.29. The van der Waals surface area contributed by atoms with Gasteiger partial charge in [-0.2, -0.15) is 24.9 Å². The van der Waals surface area contributed by atoms with Crippen molar-refractivity contribution in [2.45, 2.75) is 37.7 Å². The van der Waals surface area contributed by atoms with Gasteiger partial charge in [-0.05, 0) is 37.1 Å². The van der Waals surface area contributed by atoms with E-state index in [4.69, 9.17) is 13.9 Å². The Hall–Kier alpha value is -2.04. The Morgan fingerprint density at radius 3 is 2.66 bits per heavy atom. The molecular formula is C22H27F3N2O4S. The zero-order valence-electron chi connectivity index (χ0n) is 17.7. The van der Waals surface area contributed by atoms with Crippen molar-refractivity contribution in [1.29, 1.82) is 0 Å². The minimum Gasteiger partial charge on any atom is -0.487 e. The summed E-state index contributed by atoms with van der Waals surface area (Å²) in [6.07, 6.45) is 0.570. The average molecular weight is 473 g/mol. The molecule has 1 saturated heterocycles. The molecule has 6 nitrogen and oxygen atoms in total. The van der Waals surface area contributed by atoms with Crippen LogP contribution in [0.2, 0.25) is 0 Å². The molecule has 0 saturated carbocycles. The molecule has 0 unspecified atom stereocenters. The van der Waals surface area contributed by atoms with E-state index in [0.29, 0.717) is 43.6 Å². The summed E-state index contributed by atoms with van der Waals surface area (Å²) in [5, 5.41) is 0. The molecule has 0 radical (unpaired) electrons. The minimum absolute atomic E-state index is 0.181. The van der Waals surface area contributed by atoms with Crippen LogP contribution in [0.3, 0.4) is 0 Å². The minimum atomic E-state index is -4.35. The molecule has 0 aromatic carbocycles. The zero-order chi connectivity index (χ0) is 22.8. The van der Waals surface area contributed by atoms with Crippen LogP contribution in [0.15, 0.2) is 39.9 Å². The molecule has 0 atom stereocenters. The smallest absolute Gasteiger partial charge is 0.417 e. The van der Waals surface area contributed by atoms with E-state index in [1.165, 1.54) is 18.4 Å². The van der Waals surface area contributed by atoms with Gasteiger partial charge in [0.25, 0.3) is 0 Å². The number of hydrogen-bond donors (Lipinski definition) is 0. The van der Waals surface area contributed by atoms with Gasteiger partial charge in [0.1, 0.15) is 12.0 Å². The largest absolute Gasteiger partial charge is 0.487 e. The van der Waals surface area contributed by atoms with Gasteiger partial charge in [-0.1, -0.05) is 0 Å². The number of thioether (sulfide) groups is 1. The number of ether oxygens (including phenoxy) is 2. The first-order valence-electron chi connectivity index (χ1n) is 10.6. The van der Waals surface area contributed by atoms with Crippen molar-refractivity contribution in [1.82, 2.24) is 9.88 Å². The molecular weight excluding hydrogens is 445 g/mol. The topological polar surface area (TPSA) is 64.8 Å². The Morgan fingerprint density at radius 1 is 1.16 bits per heavy atom. The average Bonchev–Trinajstić information content (AvgIpc) is 2.77. The summed E-state index contributed by atoms with van der Waals surface area (Å²) in [4.78, 5) is 18.2. The number of morpholine rings is 1. The van der Waals surface area contributed by atoms with Crippen molar-refractivity contribution >= 4 is 11.8 Å². The Bertz CT molecular complexity index is 884. The molecule has 0 aliphatic carbocycles. The number of rotatable bonds is 11. The number of aromatic nitrogens is 1. The summed E-state index contributed by atoms with van der Waals surface area (Å²) in [6, 6.07) is 3.96. The molecule has 3 heterocycles. The fourth-order valence-corrected chi connectivity index (χ4v) is 4.06. The third kappa shape index (κ3) is 8.14. The van der Waals surface area contributed by atoms with E-state index >= 15 is 0 Å². The normalized spacial score (nSPS) is 15.1. The molecule has 0 spiro atoms. The fourth-order valence-electron chi connectivity index (χ4n) is 3.13. The van der Waals surface area contributed by atoms with Crippen LogP contribution in [0.4, 0.5) is 13.2 Å². The predicted octanol–water partition coefficient (Wildman–Crippen LogP) is 4.37. The Labute approximate surface area is 189 Å². The van der Waals surface area contributed by atoms with Gasteiger partial charge in [-0.3, -0.25) is 14.7 Å². The van der Waals surface area contributed by atoms with Gasteiger partial charge in [0, 0.05) is 31.1 Å². The molecule has 176 valence electrons. The number of alkyl halides is 3. The maximum atomic E-state index is 12.5. The van der Waals surface area contributed by atoms with Crippen LogP contribution in [0.25, 0.3) is 0 Å². The molecule has 0 bridgehead atoms. The molecule has 2 aromatic rings. The number of halogens is 3. The summed E-state index contributed by atoms with van der Waals surface area (Å²) < 4.78 is 54.0. The van der Waals surface area contributed by atoms with Crippen LogP contribution >= 0.6 is 11.8 Å². The van der Waals surface area contributed by atoms with Gasteiger partial charge < -0.3 is 13.9 Å². The summed E-state index contributed by atoms with van der Waals surface area (Å²) >= 11 is 1.63.